The lowest BCUT2D eigenvalue weighted by Crippen LogP contribution is -2.26. The minimum atomic E-state index is -0.453. The lowest BCUT2D eigenvalue weighted by Gasteiger charge is -2.14. The highest BCUT2D eigenvalue weighted by molar-refractivity contribution is 5.79. The first-order valence-corrected chi connectivity index (χ1v) is 10.0. The summed E-state index contributed by atoms with van der Waals surface area (Å²) < 4.78 is 5.50. The van der Waals surface area contributed by atoms with Crippen LogP contribution in [0.4, 0.5) is 10.5 Å². The minimum absolute atomic E-state index is 0.0415. The first kappa shape index (κ1) is 20.1. The van der Waals surface area contributed by atoms with Gasteiger partial charge in [0.05, 0.1) is 11.3 Å². The molecule has 3 N–H and O–H groups in total. The van der Waals surface area contributed by atoms with Crippen LogP contribution in [0.15, 0.2) is 66.7 Å². The third kappa shape index (κ3) is 4.37. The number of ether oxygens (including phenoxy) is 1. The maximum Gasteiger partial charge on any atom is 0.407 e. The number of carbonyl (C=O) groups excluding carboxylic acids is 1. The first-order valence-electron chi connectivity index (χ1n) is 10.0. The van der Waals surface area contributed by atoms with Crippen molar-refractivity contribution in [3.05, 3.63) is 89.0 Å². The number of nitrogens with two attached hydrogens (primary N) is 1. The molecule has 0 radical (unpaired) electrons. The van der Waals surface area contributed by atoms with Crippen molar-refractivity contribution in [1.82, 2.24) is 5.32 Å². The monoisotopic (exact) mass is 407 g/mol. The number of nitrogens with one attached hydrogen (secondary N) is 1. The number of nitrogens with zero attached hydrogens (tertiary/aromatic N) is 1. The Hall–Kier alpha value is -4.22. The predicted molar refractivity (Wildman–Crippen MR) is 120 cm³/mol. The molecule has 1 aliphatic rings. The van der Waals surface area contributed by atoms with E-state index in [1.807, 2.05) is 30.3 Å². The molecule has 0 atom stereocenters. The number of hydrogen-bond acceptors (Lipinski definition) is 4. The number of amides is 1. The van der Waals surface area contributed by atoms with Crippen LogP contribution in [-0.2, 0) is 4.74 Å². The number of alkyl carbamates (subject to hydrolysis) is 1. The molecule has 0 bridgehead atoms. The molecule has 152 valence electrons. The van der Waals surface area contributed by atoms with Crippen molar-refractivity contribution >= 4 is 11.8 Å². The van der Waals surface area contributed by atoms with Crippen molar-refractivity contribution < 1.29 is 9.53 Å². The molecule has 0 aromatic heterocycles. The molecule has 5 heteroatoms. The zero-order valence-electron chi connectivity index (χ0n) is 16.9. The molecule has 3 aromatic carbocycles. The molecule has 31 heavy (non-hydrogen) atoms. The number of fused-ring (bicyclic) bond motifs is 3. The summed E-state index contributed by atoms with van der Waals surface area (Å²) in [6, 6.07) is 23.6. The number of benzene rings is 3. The van der Waals surface area contributed by atoms with Crippen LogP contribution in [0.25, 0.3) is 11.1 Å². The van der Waals surface area contributed by atoms with Crippen LogP contribution in [0.3, 0.4) is 0 Å². The van der Waals surface area contributed by atoms with Crippen LogP contribution in [0.2, 0.25) is 0 Å². The number of hydrogen-bond donors (Lipinski definition) is 2. The summed E-state index contributed by atoms with van der Waals surface area (Å²) in [6.45, 7) is 0.672. The minimum Gasteiger partial charge on any atom is -0.449 e. The average molecular weight is 407 g/mol. The van der Waals surface area contributed by atoms with Crippen LogP contribution in [0, 0.1) is 23.2 Å². The van der Waals surface area contributed by atoms with Gasteiger partial charge in [0, 0.05) is 24.4 Å². The largest absolute Gasteiger partial charge is 0.449 e. The highest BCUT2D eigenvalue weighted by Gasteiger charge is 2.28. The summed E-state index contributed by atoms with van der Waals surface area (Å²) in [5.41, 5.74) is 12.1. The molecule has 0 aliphatic heterocycles. The van der Waals surface area contributed by atoms with Crippen LogP contribution < -0.4 is 11.1 Å². The Morgan fingerprint density at radius 1 is 1.03 bits per heavy atom. The van der Waals surface area contributed by atoms with E-state index in [9.17, 15) is 4.79 Å². The van der Waals surface area contributed by atoms with E-state index in [0.29, 0.717) is 24.2 Å². The van der Waals surface area contributed by atoms with Gasteiger partial charge in [-0.1, -0.05) is 60.4 Å². The summed E-state index contributed by atoms with van der Waals surface area (Å²) in [6.07, 6.45) is 0.0238. The topological polar surface area (TPSA) is 88.1 Å². The lowest BCUT2D eigenvalue weighted by molar-refractivity contribution is 0.143. The van der Waals surface area contributed by atoms with Crippen LogP contribution >= 0.6 is 0 Å². The van der Waals surface area contributed by atoms with E-state index >= 15 is 0 Å². The van der Waals surface area contributed by atoms with Gasteiger partial charge in [-0.2, -0.15) is 5.26 Å². The molecule has 4 rings (SSSR count). The quantitative estimate of drug-likeness (QED) is 0.381. The maximum absolute atomic E-state index is 12.1. The van der Waals surface area contributed by atoms with Gasteiger partial charge in [0.1, 0.15) is 12.7 Å². The van der Waals surface area contributed by atoms with Gasteiger partial charge in [-0.15, -0.1) is 0 Å². The SMILES string of the molecule is N#Cc1ccc(C#CCCNC(=O)OCC2c3ccccc3-c3ccccc32)cc1N. The molecule has 0 saturated heterocycles. The zero-order chi connectivity index (χ0) is 21.6. The van der Waals surface area contributed by atoms with Gasteiger partial charge in [-0.25, -0.2) is 4.79 Å². The van der Waals surface area contributed by atoms with Crippen LogP contribution in [-0.4, -0.2) is 19.2 Å². The summed E-state index contributed by atoms with van der Waals surface area (Å²) >= 11 is 0. The van der Waals surface area contributed by atoms with Gasteiger partial charge in [0.25, 0.3) is 0 Å². The molecule has 1 aliphatic carbocycles. The van der Waals surface area contributed by atoms with Crippen LogP contribution in [0.1, 0.15) is 34.6 Å². The van der Waals surface area contributed by atoms with E-state index in [2.05, 4.69) is 41.4 Å². The molecule has 1 amide bonds. The van der Waals surface area contributed by atoms with Gasteiger partial charge in [-0.3, -0.25) is 0 Å². The van der Waals surface area contributed by atoms with Crippen molar-refractivity contribution in [3.63, 3.8) is 0 Å². The van der Waals surface area contributed by atoms with E-state index < -0.39 is 6.09 Å². The Morgan fingerprint density at radius 2 is 1.71 bits per heavy atom. The maximum atomic E-state index is 12.1. The molecule has 0 heterocycles. The summed E-state index contributed by atoms with van der Waals surface area (Å²) in [7, 11) is 0. The van der Waals surface area contributed by atoms with Crippen molar-refractivity contribution in [1.29, 1.82) is 5.26 Å². The number of rotatable bonds is 4. The van der Waals surface area contributed by atoms with Crippen molar-refractivity contribution in [2.24, 2.45) is 0 Å². The number of carbonyl (C=O) groups is 1. The second-order valence-corrected chi connectivity index (χ2v) is 7.22. The Morgan fingerprint density at radius 3 is 2.35 bits per heavy atom. The Labute approximate surface area is 181 Å². The Balaban J connectivity index is 1.28. The zero-order valence-corrected chi connectivity index (χ0v) is 16.9. The van der Waals surface area contributed by atoms with E-state index in [0.717, 1.165) is 5.56 Å². The molecule has 5 nitrogen and oxygen atoms in total. The van der Waals surface area contributed by atoms with Gasteiger partial charge >= 0.3 is 6.09 Å². The van der Waals surface area contributed by atoms with E-state index in [4.69, 9.17) is 15.7 Å². The van der Waals surface area contributed by atoms with E-state index in [-0.39, 0.29) is 12.5 Å². The van der Waals surface area contributed by atoms with Crippen molar-refractivity contribution in [3.8, 4) is 29.0 Å². The standard InChI is InChI=1S/C26H21N3O2/c27-16-19-13-12-18(15-25(19)28)7-5-6-14-29-26(30)31-17-24-22-10-3-1-8-20(22)21-9-2-4-11-23(21)24/h1-4,8-13,15,24H,6,14,17,28H2,(H,29,30). The molecular weight excluding hydrogens is 386 g/mol. The van der Waals surface area contributed by atoms with Gasteiger partial charge in [-0.05, 0) is 40.5 Å². The molecule has 0 fully saturated rings. The fraction of sp³-hybridized carbons (Fsp3) is 0.154. The van der Waals surface area contributed by atoms with E-state index in [1.165, 1.54) is 22.3 Å². The molecule has 3 aromatic rings. The highest BCUT2D eigenvalue weighted by atomic mass is 16.5. The summed E-state index contributed by atoms with van der Waals surface area (Å²) in [5.74, 6) is 6.01. The summed E-state index contributed by atoms with van der Waals surface area (Å²) in [5, 5.41) is 11.6. The smallest absolute Gasteiger partial charge is 0.407 e. The lowest BCUT2D eigenvalue weighted by atomic mass is 9.98. The predicted octanol–water partition coefficient (Wildman–Crippen LogP) is 4.42. The second kappa shape index (κ2) is 9.07. The van der Waals surface area contributed by atoms with Gasteiger partial charge in [0.15, 0.2) is 0 Å². The van der Waals surface area contributed by atoms with Crippen molar-refractivity contribution in [2.75, 3.05) is 18.9 Å². The summed E-state index contributed by atoms with van der Waals surface area (Å²) in [4.78, 5) is 12.1. The third-order valence-corrected chi connectivity index (χ3v) is 5.27. The average Bonchev–Trinajstić information content (AvgIpc) is 3.11. The van der Waals surface area contributed by atoms with Crippen molar-refractivity contribution in [2.45, 2.75) is 12.3 Å². The molecular formula is C26H21N3O2. The number of nitrogen functional groups attached to an aromatic ring is 1. The number of nitriles is 1. The Bertz CT molecular complexity index is 1190. The number of anilines is 1. The normalized spacial score (nSPS) is 11.5. The fourth-order valence-electron chi connectivity index (χ4n) is 3.78. The third-order valence-electron chi connectivity index (χ3n) is 5.27. The molecule has 0 saturated carbocycles. The van der Waals surface area contributed by atoms with E-state index in [1.54, 1.807) is 18.2 Å². The van der Waals surface area contributed by atoms with Crippen LogP contribution in [0.5, 0.6) is 0 Å². The van der Waals surface area contributed by atoms with Gasteiger partial charge < -0.3 is 15.8 Å². The highest BCUT2D eigenvalue weighted by Crippen LogP contribution is 2.44. The first-order chi connectivity index (χ1) is 15.2. The molecule has 0 unspecified atom stereocenters. The Kier molecular flexibility index (Phi) is 5.87. The second-order valence-electron chi connectivity index (χ2n) is 7.22. The van der Waals surface area contributed by atoms with Gasteiger partial charge in [0.2, 0.25) is 0 Å². The fourth-order valence-corrected chi connectivity index (χ4v) is 3.78. The molecule has 0 spiro atoms.